The summed E-state index contributed by atoms with van der Waals surface area (Å²) in [6.45, 7) is 0.247. The first-order valence-electron chi connectivity index (χ1n) is 8.84. The van der Waals surface area contributed by atoms with Gasteiger partial charge < -0.3 is 19.1 Å². The first kappa shape index (κ1) is 20.5. The molecule has 0 saturated carbocycles. The number of amides is 1. The number of nitrogens with zero attached hydrogens (tertiary/aromatic N) is 2. The van der Waals surface area contributed by atoms with E-state index in [0.29, 0.717) is 27.8 Å². The molecule has 0 N–H and O–H groups in total. The fraction of sp³-hybridized carbons (Fsp3) is 0.286. The second-order valence-corrected chi connectivity index (χ2v) is 6.89. The van der Waals surface area contributed by atoms with Crippen LogP contribution in [0, 0.1) is 17.2 Å². The zero-order valence-corrected chi connectivity index (χ0v) is 16.7. The zero-order chi connectivity index (χ0) is 21.0. The molecular formula is C21H19ClN2O5. The summed E-state index contributed by atoms with van der Waals surface area (Å²) in [5, 5.41) is 9.16. The van der Waals surface area contributed by atoms with Crippen LogP contribution in [0.5, 0.6) is 11.5 Å². The molecule has 2 aromatic carbocycles. The van der Waals surface area contributed by atoms with Gasteiger partial charge in [0.1, 0.15) is 18.1 Å². The van der Waals surface area contributed by atoms with Gasteiger partial charge in [0.25, 0.3) is 0 Å². The topological polar surface area (TPSA) is 88.9 Å². The molecule has 1 atom stereocenters. The van der Waals surface area contributed by atoms with Crippen LogP contribution in [-0.4, -0.2) is 32.6 Å². The molecule has 0 aliphatic carbocycles. The number of carbonyl (C=O) groups is 2. The van der Waals surface area contributed by atoms with Crippen LogP contribution in [0.2, 0.25) is 5.02 Å². The molecule has 0 spiro atoms. The van der Waals surface area contributed by atoms with Crippen molar-refractivity contribution in [3.05, 3.63) is 52.5 Å². The Morgan fingerprint density at radius 2 is 1.90 bits per heavy atom. The van der Waals surface area contributed by atoms with Crippen LogP contribution in [0.3, 0.4) is 0 Å². The van der Waals surface area contributed by atoms with Crippen LogP contribution in [0.15, 0.2) is 36.4 Å². The van der Waals surface area contributed by atoms with Gasteiger partial charge in [0.05, 0.1) is 42.5 Å². The molecule has 3 rings (SSSR count). The Morgan fingerprint density at radius 1 is 1.21 bits per heavy atom. The normalized spacial score (nSPS) is 15.7. The van der Waals surface area contributed by atoms with Gasteiger partial charge in [-0.05, 0) is 23.8 Å². The van der Waals surface area contributed by atoms with Crippen LogP contribution < -0.4 is 14.4 Å². The average molecular weight is 415 g/mol. The van der Waals surface area contributed by atoms with Gasteiger partial charge in [-0.3, -0.25) is 9.59 Å². The van der Waals surface area contributed by atoms with E-state index in [0.717, 1.165) is 5.56 Å². The van der Waals surface area contributed by atoms with Crippen molar-refractivity contribution in [2.45, 2.75) is 13.0 Å². The van der Waals surface area contributed by atoms with Crippen molar-refractivity contribution < 1.29 is 23.8 Å². The molecule has 1 fully saturated rings. The number of carbonyl (C=O) groups excluding carboxylic acids is 2. The highest BCUT2D eigenvalue weighted by Crippen LogP contribution is 2.40. The van der Waals surface area contributed by atoms with E-state index in [2.05, 4.69) is 0 Å². The number of anilines is 1. The van der Waals surface area contributed by atoms with Crippen LogP contribution in [-0.2, 0) is 20.9 Å². The molecule has 1 aliphatic heterocycles. The molecule has 7 nitrogen and oxygen atoms in total. The van der Waals surface area contributed by atoms with E-state index >= 15 is 0 Å². The summed E-state index contributed by atoms with van der Waals surface area (Å²) >= 11 is 6.19. The number of methoxy groups -OCH3 is 2. The molecule has 8 heteroatoms. The SMILES string of the molecule is COc1cc(OC)c(N2CC(C(=O)OCc3ccc(C#N)cc3)CC2=O)cc1Cl. The Balaban J connectivity index is 1.69. The van der Waals surface area contributed by atoms with E-state index in [9.17, 15) is 9.59 Å². The lowest BCUT2D eigenvalue weighted by Gasteiger charge is -2.20. The van der Waals surface area contributed by atoms with Gasteiger partial charge in [0.2, 0.25) is 5.91 Å². The van der Waals surface area contributed by atoms with Crippen LogP contribution >= 0.6 is 11.6 Å². The van der Waals surface area contributed by atoms with Gasteiger partial charge in [-0.2, -0.15) is 5.26 Å². The highest BCUT2D eigenvalue weighted by atomic mass is 35.5. The molecule has 29 heavy (non-hydrogen) atoms. The van der Waals surface area contributed by atoms with Crippen LogP contribution in [0.4, 0.5) is 5.69 Å². The number of rotatable bonds is 6. The van der Waals surface area contributed by atoms with E-state index in [1.54, 1.807) is 36.4 Å². The Morgan fingerprint density at radius 3 is 2.52 bits per heavy atom. The van der Waals surface area contributed by atoms with E-state index in [1.807, 2.05) is 6.07 Å². The summed E-state index contributed by atoms with van der Waals surface area (Å²) in [5.74, 6) is -0.413. The molecular weight excluding hydrogens is 396 g/mol. The van der Waals surface area contributed by atoms with Crippen LogP contribution in [0.1, 0.15) is 17.5 Å². The predicted octanol–water partition coefficient (Wildman–Crippen LogP) is 3.33. The number of ether oxygens (including phenoxy) is 3. The third-order valence-electron chi connectivity index (χ3n) is 4.67. The molecule has 1 aliphatic rings. The second-order valence-electron chi connectivity index (χ2n) is 6.48. The zero-order valence-electron chi connectivity index (χ0n) is 16.0. The van der Waals surface area contributed by atoms with Gasteiger partial charge >= 0.3 is 5.97 Å². The lowest BCUT2D eigenvalue weighted by atomic mass is 10.1. The highest BCUT2D eigenvalue weighted by molar-refractivity contribution is 6.32. The summed E-state index contributed by atoms with van der Waals surface area (Å²) in [6.07, 6.45) is 0.0407. The largest absolute Gasteiger partial charge is 0.495 e. The van der Waals surface area contributed by atoms with Gasteiger partial charge in [-0.25, -0.2) is 0 Å². The van der Waals surface area contributed by atoms with Crippen LogP contribution in [0.25, 0.3) is 0 Å². The van der Waals surface area contributed by atoms with Crippen molar-refractivity contribution >= 4 is 29.2 Å². The minimum Gasteiger partial charge on any atom is -0.495 e. The molecule has 2 aromatic rings. The number of halogens is 1. The average Bonchev–Trinajstić information content (AvgIpc) is 3.13. The summed E-state index contributed by atoms with van der Waals surface area (Å²) < 4.78 is 15.9. The highest BCUT2D eigenvalue weighted by Gasteiger charge is 2.37. The van der Waals surface area contributed by atoms with E-state index in [4.69, 9.17) is 31.1 Å². The number of benzene rings is 2. The summed E-state index contributed by atoms with van der Waals surface area (Å²) in [5.41, 5.74) is 1.78. The second kappa shape index (κ2) is 8.84. The maximum atomic E-state index is 12.5. The maximum absolute atomic E-state index is 12.5. The number of nitriles is 1. The molecule has 1 heterocycles. The third-order valence-corrected chi connectivity index (χ3v) is 4.96. The molecule has 1 amide bonds. The first-order chi connectivity index (χ1) is 14.0. The molecule has 0 aromatic heterocycles. The van der Waals surface area contributed by atoms with Crippen molar-refractivity contribution in [1.82, 2.24) is 0 Å². The minimum absolute atomic E-state index is 0.0407. The molecule has 150 valence electrons. The Bertz CT molecular complexity index is 968. The minimum atomic E-state index is -0.591. The summed E-state index contributed by atoms with van der Waals surface area (Å²) in [7, 11) is 2.97. The van der Waals surface area contributed by atoms with Crippen molar-refractivity contribution in [2.24, 2.45) is 5.92 Å². The van der Waals surface area contributed by atoms with Gasteiger partial charge in [-0.1, -0.05) is 23.7 Å². The fourth-order valence-electron chi connectivity index (χ4n) is 3.10. The van der Waals surface area contributed by atoms with Gasteiger partial charge in [0, 0.05) is 19.0 Å². The van der Waals surface area contributed by atoms with E-state index in [-0.39, 0.29) is 25.5 Å². The Kier molecular flexibility index (Phi) is 6.25. The standard InChI is InChI=1S/C21H19ClN2O5/c1-27-18-9-19(28-2)17(8-16(18)22)24-11-15(7-20(24)25)21(26)29-12-14-5-3-13(10-23)4-6-14/h3-6,8-9,15H,7,11-12H2,1-2H3. The molecule has 0 radical (unpaired) electrons. The molecule has 0 bridgehead atoms. The lowest BCUT2D eigenvalue weighted by molar-refractivity contribution is -0.149. The summed E-state index contributed by atoms with van der Waals surface area (Å²) in [6, 6.07) is 12.0. The monoisotopic (exact) mass is 414 g/mol. The van der Waals surface area contributed by atoms with E-state index in [1.165, 1.54) is 19.1 Å². The predicted molar refractivity (Wildman–Crippen MR) is 106 cm³/mol. The number of esters is 1. The third kappa shape index (κ3) is 4.44. The van der Waals surface area contributed by atoms with E-state index < -0.39 is 11.9 Å². The first-order valence-corrected chi connectivity index (χ1v) is 9.22. The summed E-state index contributed by atoms with van der Waals surface area (Å²) in [4.78, 5) is 26.5. The maximum Gasteiger partial charge on any atom is 0.311 e. The fourth-order valence-corrected chi connectivity index (χ4v) is 3.34. The van der Waals surface area contributed by atoms with Crippen molar-refractivity contribution in [3.8, 4) is 17.6 Å². The van der Waals surface area contributed by atoms with Crippen molar-refractivity contribution in [1.29, 1.82) is 5.26 Å². The quantitative estimate of drug-likeness (QED) is 0.673. The Labute approximate surface area is 173 Å². The van der Waals surface area contributed by atoms with Gasteiger partial charge in [-0.15, -0.1) is 0 Å². The number of hydrogen-bond donors (Lipinski definition) is 0. The van der Waals surface area contributed by atoms with Crippen molar-refractivity contribution in [2.75, 3.05) is 25.7 Å². The lowest BCUT2D eigenvalue weighted by Crippen LogP contribution is -2.27. The van der Waals surface area contributed by atoms with Crippen molar-refractivity contribution in [3.63, 3.8) is 0 Å². The molecule has 1 saturated heterocycles. The Hall–Kier alpha value is -3.24. The molecule has 1 unspecified atom stereocenters. The smallest absolute Gasteiger partial charge is 0.311 e. The van der Waals surface area contributed by atoms with Gasteiger partial charge in [0.15, 0.2) is 0 Å². The number of hydrogen-bond acceptors (Lipinski definition) is 6.